The fourth-order valence-electron chi connectivity index (χ4n) is 3.57. The number of nitrogens with one attached hydrogen (secondary N) is 1. The molecule has 1 aromatic rings. The molecule has 6 nitrogen and oxygen atoms in total. The summed E-state index contributed by atoms with van der Waals surface area (Å²) in [5, 5.41) is 32.3. The van der Waals surface area contributed by atoms with E-state index in [1.165, 1.54) is 0 Å². The van der Waals surface area contributed by atoms with Gasteiger partial charge in [-0.3, -0.25) is 5.06 Å². The van der Waals surface area contributed by atoms with Gasteiger partial charge in [0, 0.05) is 6.42 Å². The van der Waals surface area contributed by atoms with E-state index in [9.17, 15) is 20.2 Å². The number of ether oxygens (including phenoxy) is 1. The summed E-state index contributed by atoms with van der Waals surface area (Å²) in [4.78, 5) is 11.8. The van der Waals surface area contributed by atoms with Crippen molar-refractivity contribution in [1.82, 2.24) is 0 Å². The molecule has 0 bridgehead atoms. The van der Waals surface area contributed by atoms with Crippen molar-refractivity contribution in [2.45, 2.75) is 96.9 Å². The lowest BCUT2D eigenvalue weighted by molar-refractivity contribution is -0.774. The van der Waals surface area contributed by atoms with Gasteiger partial charge in [0.15, 0.2) is 0 Å². The Kier molecular flexibility index (Phi) is 10.3. The van der Waals surface area contributed by atoms with Crippen LogP contribution in [-0.2, 0) is 17.6 Å². The summed E-state index contributed by atoms with van der Waals surface area (Å²) in [6, 6.07) is 7.83. The standard InChI is InChI=1S/C23H39NO5/c1-6-12-23(27,13-7-2)14-11-18-9-8-10-19(15-18)16-20(25)17-24(28)21(26)29-22(3,4)5/h8-10,15,20,24-25,27H,6-7,11-14,16-17H2,1-5H3. The Morgan fingerprint density at radius 1 is 1.14 bits per heavy atom. The maximum Gasteiger partial charge on any atom is 0.515 e. The lowest BCUT2D eigenvalue weighted by Gasteiger charge is -2.27. The first-order valence-corrected chi connectivity index (χ1v) is 10.7. The molecule has 0 aliphatic carbocycles. The number of hydrogen-bond donors (Lipinski definition) is 3. The molecule has 0 spiro atoms. The highest BCUT2D eigenvalue weighted by Crippen LogP contribution is 2.25. The second kappa shape index (κ2) is 11.6. The van der Waals surface area contributed by atoms with Crippen molar-refractivity contribution in [2.75, 3.05) is 6.54 Å². The molecule has 0 radical (unpaired) electrons. The first-order valence-electron chi connectivity index (χ1n) is 10.7. The molecule has 6 heteroatoms. The number of aliphatic hydroxyl groups excluding tert-OH is 1. The van der Waals surface area contributed by atoms with Crippen molar-refractivity contribution in [3.8, 4) is 0 Å². The van der Waals surface area contributed by atoms with Crippen LogP contribution in [-0.4, -0.2) is 40.2 Å². The van der Waals surface area contributed by atoms with Crippen molar-refractivity contribution in [3.63, 3.8) is 0 Å². The van der Waals surface area contributed by atoms with Crippen LogP contribution in [0.15, 0.2) is 24.3 Å². The second-order valence-electron chi connectivity index (χ2n) is 9.03. The van der Waals surface area contributed by atoms with E-state index in [0.717, 1.165) is 43.2 Å². The van der Waals surface area contributed by atoms with Gasteiger partial charge in [-0.1, -0.05) is 51.0 Å². The lowest BCUT2D eigenvalue weighted by atomic mass is 9.86. The van der Waals surface area contributed by atoms with E-state index < -0.39 is 28.5 Å². The summed E-state index contributed by atoms with van der Waals surface area (Å²) < 4.78 is 5.05. The molecular weight excluding hydrogens is 370 g/mol. The van der Waals surface area contributed by atoms with Crippen molar-refractivity contribution in [1.29, 1.82) is 0 Å². The third kappa shape index (κ3) is 10.2. The Hall–Kier alpha value is -1.47. The summed E-state index contributed by atoms with van der Waals surface area (Å²) in [6.45, 7) is 9.00. The third-order valence-electron chi connectivity index (χ3n) is 4.82. The molecule has 0 aliphatic rings. The van der Waals surface area contributed by atoms with Gasteiger partial charge in [-0.2, -0.15) is 4.79 Å². The number of aryl methyl sites for hydroxylation is 1. The molecule has 1 rings (SSSR count). The molecule has 1 amide bonds. The SMILES string of the molecule is CCCC(O)(CCC)CCc1cccc(CC(O)C[NH+]([O-])C(=O)OC(C)(C)C)c1. The molecule has 0 aromatic heterocycles. The highest BCUT2D eigenvalue weighted by molar-refractivity contribution is 5.57. The maximum atomic E-state index is 12.0. The van der Waals surface area contributed by atoms with Crippen LogP contribution in [0.3, 0.4) is 0 Å². The zero-order chi connectivity index (χ0) is 22.1. The van der Waals surface area contributed by atoms with Crippen LogP contribution in [0.25, 0.3) is 0 Å². The fourth-order valence-corrected chi connectivity index (χ4v) is 3.57. The van der Waals surface area contributed by atoms with Gasteiger partial charge in [0.1, 0.15) is 18.2 Å². The van der Waals surface area contributed by atoms with E-state index in [1.807, 2.05) is 24.3 Å². The maximum absolute atomic E-state index is 12.0. The molecule has 0 heterocycles. The highest BCUT2D eigenvalue weighted by atomic mass is 16.6. The largest absolute Gasteiger partial charge is 0.624 e. The van der Waals surface area contributed by atoms with Gasteiger partial charge in [0.2, 0.25) is 0 Å². The average Bonchev–Trinajstić information content (AvgIpc) is 2.59. The number of amides is 1. The van der Waals surface area contributed by atoms with Gasteiger partial charge in [0.05, 0.1) is 5.60 Å². The highest BCUT2D eigenvalue weighted by Gasteiger charge is 2.25. The summed E-state index contributed by atoms with van der Waals surface area (Å²) in [5.41, 5.74) is 0.642. The summed E-state index contributed by atoms with van der Waals surface area (Å²) >= 11 is 0. The summed E-state index contributed by atoms with van der Waals surface area (Å²) in [6.07, 6.45) is 3.41. The van der Waals surface area contributed by atoms with Crippen LogP contribution in [0.1, 0.15) is 77.8 Å². The number of aliphatic hydroxyl groups is 2. The number of benzene rings is 1. The van der Waals surface area contributed by atoms with Crippen LogP contribution in [0.5, 0.6) is 0 Å². The normalized spacial score (nSPS) is 14.5. The monoisotopic (exact) mass is 409 g/mol. The van der Waals surface area contributed by atoms with E-state index in [-0.39, 0.29) is 13.0 Å². The second-order valence-corrected chi connectivity index (χ2v) is 9.03. The molecule has 0 saturated carbocycles. The predicted molar refractivity (Wildman–Crippen MR) is 115 cm³/mol. The number of rotatable bonds is 11. The minimum Gasteiger partial charge on any atom is -0.624 e. The average molecular weight is 410 g/mol. The quantitative estimate of drug-likeness (QED) is 0.488. The molecule has 2 atom stereocenters. The Bertz CT molecular complexity index is 620. The van der Waals surface area contributed by atoms with Gasteiger partial charge < -0.3 is 20.2 Å². The minimum absolute atomic E-state index is 0.258. The molecule has 166 valence electrons. The van der Waals surface area contributed by atoms with E-state index in [0.29, 0.717) is 6.42 Å². The van der Waals surface area contributed by atoms with Gasteiger partial charge in [-0.25, -0.2) is 0 Å². The van der Waals surface area contributed by atoms with Gasteiger partial charge in [-0.05, 0) is 57.6 Å². The zero-order valence-electron chi connectivity index (χ0n) is 18.7. The minimum atomic E-state index is -0.942. The molecule has 0 saturated heterocycles. The van der Waals surface area contributed by atoms with Crippen LogP contribution < -0.4 is 5.06 Å². The topological polar surface area (TPSA) is 94.3 Å². The van der Waals surface area contributed by atoms with Crippen LogP contribution in [0.2, 0.25) is 0 Å². The fraction of sp³-hybridized carbons (Fsp3) is 0.696. The van der Waals surface area contributed by atoms with Crippen LogP contribution in [0.4, 0.5) is 4.79 Å². The van der Waals surface area contributed by atoms with Crippen molar-refractivity contribution in [2.24, 2.45) is 0 Å². The van der Waals surface area contributed by atoms with Gasteiger partial charge in [0.25, 0.3) is 0 Å². The molecule has 29 heavy (non-hydrogen) atoms. The smallest absolute Gasteiger partial charge is 0.515 e. The molecule has 3 N–H and O–H groups in total. The number of carbonyl (C=O) groups excluding carboxylic acids is 1. The van der Waals surface area contributed by atoms with Crippen LogP contribution >= 0.6 is 0 Å². The Morgan fingerprint density at radius 2 is 1.72 bits per heavy atom. The third-order valence-corrected chi connectivity index (χ3v) is 4.82. The number of quaternary nitrogens is 1. The van der Waals surface area contributed by atoms with Gasteiger partial charge >= 0.3 is 6.09 Å². The number of alkyl carbamates (subject to hydrolysis) is 1. The molecule has 0 fully saturated rings. The van der Waals surface area contributed by atoms with E-state index >= 15 is 0 Å². The van der Waals surface area contributed by atoms with E-state index in [2.05, 4.69) is 13.8 Å². The predicted octanol–water partition coefficient (Wildman–Crippen LogP) is 3.17. The van der Waals surface area contributed by atoms with Crippen molar-refractivity contribution < 1.29 is 24.8 Å². The number of carbonyl (C=O) groups is 1. The Balaban J connectivity index is 2.62. The first kappa shape index (κ1) is 25.6. The van der Waals surface area contributed by atoms with E-state index in [1.54, 1.807) is 20.8 Å². The summed E-state index contributed by atoms with van der Waals surface area (Å²) in [7, 11) is 0. The number of hydrogen-bond acceptors (Lipinski definition) is 5. The van der Waals surface area contributed by atoms with Crippen molar-refractivity contribution in [3.05, 3.63) is 40.6 Å². The molecule has 1 aromatic carbocycles. The Labute approximate surface area is 175 Å². The van der Waals surface area contributed by atoms with E-state index in [4.69, 9.17) is 4.74 Å². The van der Waals surface area contributed by atoms with Crippen LogP contribution in [0, 0.1) is 5.21 Å². The first-order chi connectivity index (χ1) is 13.5. The number of hydroxylamine groups is 2. The molecule has 2 unspecified atom stereocenters. The zero-order valence-corrected chi connectivity index (χ0v) is 18.7. The molecular formula is C23H39NO5. The summed E-state index contributed by atoms with van der Waals surface area (Å²) in [5.74, 6) is 0. The lowest BCUT2D eigenvalue weighted by Crippen LogP contribution is -3.11. The Morgan fingerprint density at radius 3 is 2.28 bits per heavy atom. The van der Waals surface area contributed by atoms with Gasteiger partial charge in [-0.15, -0.1) is 0 Å². The van der Waals surface area contributed by atoms with Crippen molar-refractivity contribution >= 4 is 6.09 Å². The molecule has 0 aliphatic heterocycles.